The fourth-order valence-electron chi connectivity index (χ4n) is 2.37. The van der Waals surface area contributed by atoms with Crippen molar-refractivity contribution in [3.05, 3.63) is 57.6 Å². The molecule has 0 spiro atoms. The van der Waals surface area contributed by atoms with Crippen LogP contribution in [0.1, 0.15) is 23.1 Å². The van der Waals surface area contributed by atoms with E-state index in [1.807, 2.05) is 24.3 Å². The Kier molecular flexibility index (Phi) is 7.56. The van der Waals surface area contributed by atoms with E-state index in [0.29, 0.717) is 24.7 Å². The van der Waals surface area contributed by atoms with E-state index in [2.05, 4.69) is 40.3 Å². The van der Waals surface area contributed by atoms with Gasteiger partial charge < -0.3 is 19.9 Å². The predicted molar refractivity (Wildman–Crippen MR) is 99.6 cm³/mol. The van der Waals surface area contributed by atoms with E-state index in [1.54, 1.807) is 7.11 Å². The summed E-state index contributed by atoms with van der Waals surface area (Å²) in [6.07, 6.45) is 0.746. The van der Waals surface area contributed by atoms with Crippen LogP contribution in [0.25, 0.3) is 0 Å². The second-order valence-electron chi connectivity index (χ2n) is 5.58. The number of benzene rings is 2. The van der Waals surface area contributed by atoms with Crippen LogP contribution < -0.4 is 14.8 Å². The van der Waals surface area contributed by atoms with Gasteiger partial charge >= 0.3 is 0 Å². The Morgan fingerprint density at radius 3 is 2.71 bits per heavy atom. The second kappa shape index (κ2) is 9.67. The predicted octanol–water partition coefficient (Wildman–Crippen LogP) is 3.82. The Labute approximate surface area is 151 Å². The van der Waals surface area contributed by atoms with E-state index < -0.39 is 0 Å². The van der Waals surface area contributed by atoms with Crippen molar-refractivity contribution in [2.24, 2.45) is 0 Å². The van der Waals surface area contributed by atoms with Gasteiger partial charge in [-0.3, -0.25) is 0 Å². The molecular formula is C19H24BrNO3. The van der Waals surface area contributed by atoms with E-state index in [1.165, 1.54) is 5.56 Å². The van der Waals surface area contributed by atoms with Crippen LogP contribution in [0.5, 0.6) is 11.5 Å². The Morgan fingerprint density at radius 2 is 2.00 bits per heavy atom. The minimum Gasteiger partial charge on any atom is -0.493 e. The van der Waals surface area contributed by atoms with E-state index >= 15 is 0 Å². The molecule has 2 rings (SSSR count). The highest BCUT2D eigenvalue weighted by Crippen LogP contribution is 2.37. The van der Waals surface area contributed by atoms with Crippen molar-refractivity contribution in [2.45, 2.75) is 26.5 Å². The quantitative estimate of drug-likeness (QED) is 0.635. The zero-order chi connectivity index (χ0) is 17.4. The summed E-state index contributed by atoms with van der Waals surface area (Å²) in [5.74, 6) is 1.41. The lowest BCUT2D eigenvalue weighted by Gasteiger charge is -2.15. The second-order valence-corrected chi connectivity index (χ2v) is 6.43. The summed E-state index contributed by atoms with van der Waals surface area (Å²) in [5.41, 5.74) is 3.46. The molecule has 0 atom stereocenters. The summed E-state index contributed by atoms with van der Waals surface area (Å²) in [7, 11) is 1.64. The van der Waals surface area contributed by atoms with E-state index in [9.17, 15) is 0 Å². The molecule has 5 heteroatoms. The molecule has 0 bridgehead atoms. The number of aryl methyl sites for hydroxylation is 1. The van der Waals surface area contributed by atoms with Gasteiger partial charge in [-0.15, -0.1) is 0 Å². The molecule has 0 aliphatic rings. The average molecular weight is 394 g/mol. The van der Waals surface area contributed by atoms with Crippen molar-refractivity contribution < 1.29 is 14.6 Å². The molecule has 0 fully saturated rings. The Hall–Kier alpha value is -1.56. The van der Waals surface area contributed by atoms with Gasteiger partial charge in [-0.1, -0.05) is 24.3 Å². The maximum absolute atomic E-state index is 8.81. The number of aliphatic hydroxyl groups excluding tert-OH is 1. The van der Waals surface area contributed by atoms with Gasteiger partial charge in [0, 0.05) is 13.2 Å². The van der Waals surface area contributed by atoms with Gasteiger partial charge in [-0.05, 0) is 64.6 Å². The number of rotatable bonds is 9. The molecule has 0 amide bonds. The monoisotopic (exact) mass is 393 g/mol. The van der Waals surface area contributed by atoms with Gasteiger partial charge in [-0.2, -0.15) is 0 Å². The van der Waals surface area contributed by atoms with Crippen molar-refractivity contribution >= 4 is 15.9 Å². The molecule has 0 radical (unpaired) electrons. The molecule has 0 aliphatic carbocycles. The van der Waals surface area contributed by atoms with Crippen LogP contribution in [0.3, 0.4) is 0 Å². The third-order valence-electron chi connectivity index (χ3n) is 3.76. The van der Waals surface area contributed by atoms with Crippen molar-refractivity contribution in [1.82, 2.24) is 5.32 Å². The molecule has 24 heavy (non-hydrogen) atoms. The fraction of sp³-hybridized carbons (Fsp3) is 0.368. The zero-order valence-corrected chi connectivity index (χ0v) is 15.7. The summed E-state index contributed by atoms with van der Waals surface area (Å²) in [6, 6.07) is 12.2. The van der Waals surface area contributed by atoms with Crippen LogP contribution in [-0.2, 0) is 13.2 Å². The Balaban J connectivity index is 2.08. The molecule has 0 unspecified atom stereocenters. The van der Waals surface area contributed by atoms with Gasteiger partial charge in [0.1, 0.15) is 6.61 Å². The zero-order valence-electron chi connectivity index (χ0n) is 14.1. The lowest BCUT2D eigenvalue weighted by molar-refractivity contribution is 0.281. The van der Waals surface area contributed by atoms with Crippen LogP contribution in [0.4, 0.5) is 0 Å². The summed E-state index contributed by atoms with van der Waals surface area (Å²) in [6.45, 7) is 4.27. The summed E-state index contributed by atoms with van der Waals surface area (Å²) < 4.78 is 12.4. The molecule has 0 saturated carbocycles. The first kappa shape index (κ1) is 18.8. The highest BCUT2D eigenvalue weighted by Gasteiger charge is 2.12. The summed E-state index contributed by atoms with van der Waals surface area (Å²) in [5, 5.41) is 12.1. The maximum atomic E-state index is 8.81. The fourth-order valence-corrected chi connectivity index (χ4v) is 2.98. The van der Waals surface area contributed by atoms with E-state index in [4.69, 9.17) is 14.6 Å². The lowest BCUT2D eigenvalue weighted by Crippen LogP contribution is -2.15. The Bertz CT molecular complexity index is 661. The van der Waals surface area contributed by atoms with Crippen molar-refractivity contribution in [3.8, 4) is 11.5 Å². The van der Waals surface area contributed by atoms with Gasteiger partial charge in [0.05, 0.1) is 11.6 Å². The normalized spacial score (nSPS) is 10.7. The molecule has 0 aromatic heterocycles. The molecule has 2 aromatic carbocycles. The summed E-state index contributed by atoms with van der Waals surface area (Å²) in [4.78, 5) is 0. The van der Waals surface area contributed by atoms with Crippen molar-refractivity contribution in [2.75, 3.05) is 20.3 Å². The third kappa shape index (κ3) is 5.23. The highest BCUT2D eigenvalue weighted by atomic mass is 79.9. The van der Waals surface area contributed by atoms with Crippen molar-refractivity contribution in [1.29, 1.82) is 0 Å². The largest absolute Gasteiger partial charge is 0.493 e. The van der Waals surface area contributed by atoms with Crippen LogP contribution in [0.15, 0.2) is 40.9 Å². The maximum Gasteiger partial charge on any atom is 0.175 e. The highest BCUT2D eigenvalue weighted by molar-refractivity contribution is 9.10. The number of methoxy groups -OCH3 is 1. The van der Waals surface area contributed by atoms with Gasteiger partial charge in [-0.25, -0.2) is 0 Å². The van der Waals surface area contributed by atoms with Gasteiger partial charge in [0.2, 0.25) is 0 Å². The number of ether oxygens (including phenoxy) is 2. The first-order valence-electron chi connectivity index (χ1n) is 8.01. The lowest BCUT2D eigenvalue weighted by atomic mass is 10.1. The topological polar surface area (TPSA) is 50.7 Å². The minimum atomic E-state index is 0.200. The van der Waals surface area contributed by atoms with Crippen LogP contribution in [-0.4, -0.2) is 25.4 Å². The first-order valence-corrected chi connectivity index (χ1v) is 8.80. The molecule has 2 N–H and O–H groups in total. The van der Waals surface area contributed by atoms with E-state index in [-0.39, 0.29) is 6.61 Å². The first-order chi connectivity index (χ1) is 11.7. The van der Waals surface area contributed by atoms with E-state index in [0.717, 1.165) is 28.6 Å². The SMILES string of the molecule is COc1cc(CNCCCO)cc(Br)c1OCc1ccccc1C. The van der Waals surface area contributed by atoms with Crippen LogP contribution in [0.2, 0.25) is 0 Å². The molecule has 130 valence electrons. The standard InChI is InChI=1S/C19H24BrNO3/c1-14-6-3-4-7-16(14)13-24-19-17(20)10-15(11-18(19)23-2)12-21-8-5-9-22/h3-4,6-7,10-11,21-22H,5,8-9,12-13H2,1-2H3. The molecule has 2 aromatic rings. The van der Waals surface area contributed by atoms with Gasteiger partial charge in [0.15, 0.2) is 11.5 Å². The Morgan fingerprint density at radius 1 is 1.21 bits per heavy atom. The molecule has 4 nitrogen and oxygen atoms in total. The molecule has 0 saturated heterocycles. The molecular weight excluding hydrogens is 370 g/mol. The smallest absolute Gasteiger partial charge is 0.175 e. The molecule has 0 heterocycles. The average Bonchev–Trinajstić information content (AvgIpc) is 2.58. The summed E-state index contributed by atoms with van der Waals surface area (Å²) >= 11 is 3.58. The number of hydrogen-bond donors (Lipinski definition) is 2. The van der Waals surface area contributed by atoms with Gasteiger partial charge in [0.25, 0.3) is 0 Å². The van der Waals surface area contributed by atoms with Crippen LogP contribution in [0, 0.1) is 6.92 Å². The molecule has 0 aliphatic heterocycles. The number of aliphatic hydroxyl groups is 1. The third-order valence-corrected chi connectivity index (χ3v) is 4.35. The van der Waals surface area contributed by atoms with Crippen LogP contribution >= 0.6 is 15.9 Å². The van der Waals surface area contributed by atoms with Crippen molar-refractivity contribution in [3.63, 3.8) is 0 Å². The number of nitrogens with one attached hydrogen (secondary N) is 1. The number of halogens is 1. The number of hydrogen-bond acceptors (Lipinski definition) is 4. The minimum absolute atomic E-state index is 0.200.